The third kappa shape index (κ3) is 7.74. The van der Waals surface area contributed by atoms with Crippen LogP contribution in [0.2, 0.25) is 0 Å². The van der Waals surface area contributed by atoms with Gasteiger partial charge in [-0.2, -0.15) is 0 Å². The maximum atomic E-state index is 11.3. The summed E-state index contributed by atoms with van der Waals surface area (Å²) in [6.07, 6.45) is 2.54. The Hall–Kier alpha value is -1.10. The summed E-state index contributed by atoms with van der Waals surface area (Å²) in [6, 6.07) is 0. The first-order valence-electron chi connectivity index (χ1n) is 6.32. The monoisotopic (exact) mass is 241 g/mol. The maximum absolute atomic E-state index is 11.3. The molecule has 0 aliphatic heterocycles. The normalized spacial score (nSPS) is 14.8. The lowest BCUT2D eigenvalue weighted by atomic mass is 10.2. The average molecular weight is 241 g/mol. The van der Waals surface area contributed by atoms with Crippen LogP contribution in [0.15, 0.2) is 0 Å². The zero-order valence-corrected chi connectivity index (χ0v) is 10.7. The lowest BCUT2D eigenvalue weighted by molar-refractivity contribution is -0.125. The molecule has 0 heterocycles. The molecule has 5 heteroatoms. The van der Waals surface area contributed by atoms with Crippen LogP contribution in [0.3, 0.4) is 0 Å². The van der Waals surface area contributed by atoms with E-state index in [0.29, 0.717) is 19.0 Å². The van der Waals surface area contributed by atoms with Crippen molar-refractivity contribution in [3.63, 3.8) is 0 Å². The summed E-state index contributed by atoms with van der Waals surface area (Å²) in [5.74, 6) is 0.937. The summed E-state index contributed by atoms with van der Waals surface area (Å²) in [5, 5.41) is 8.41. The number of carbonyl (C=O) groups is 2. The number of rotatable bonds is 8. The zero-order valence-electron chi connectivity index (χ0n) is 10.7. The molecule has 0 aromatic heterocycles. The quantitative estimate of drug-likeness (QED) is 0.554. The van der Waals surface area contributed by atoms with E-state index < -0.39 is 0 Å². The van der Waals surface area contributed by atoms with E-state index in [4.69, 9.17) is 0 Å². The van der Waals surface area contributed by atoms with E-state index in [1.165, 1.54) is 12.8 Å². The van der Waals surface area contributed by atoms with Gasteiger partial charge in [0.2, 0.25) is 11.8 Å². The Morgan fingerprint density at radius 1 is 1.12 bits per heavy atom. The molecule has 0 saturated heterocycles. The molecule has 98 valence electrons. The largest absolute Gasteiger partial charge is 0.354 e. The zero-order chi connectivity index (χ0) is 12.7. The molecule has 0 atom stereocenters. The van der Waals surface area contributed by atoms with E-state index in [1.807, 2.05) is 13.8 Å². The molecule has 1 rings (SSSR count). The lowest BCUT2D eigenvalue weighted by Crippen LogP contribution is -2.41. The minimum atomic E-state index is -0.130. The van der Waals surface area contributed by atoms with Gasteiger partial charge in [0.1, 0.15) is 0 Å². The van der Waals surface area contributed by atoms with Crippen molar-refractivity contribution in [3.05, 3.63) is 0 Å². The molecule has 1 aliphatic carbocycles. The van der Waals surface area contributed by atoms with E-state index in [9.17, 15) is 9.59 Å². The van der Waals surface area contributed by atoms with Crippen LogP contribution >= 0.6 is 0 Å². The molecular weight excluding hydrogens is 218 g/mol. The van der Waals surface area contributed by atoms with Crippen molar-refractivity contribution >= 4 is 11.8 Å². The summed E-state index contributed by atoms with van der Waals surface area (Å²) in [5.41, 5.74) is 0. The smallest absolute Gasteiger partial charge is 0.239 e. The second kappa shape index (κ2) is 7.27. The van der Waals surface area contributed by atoms with Gasteiger partial charge in [-0.1, -0.05) is 13.8 Å². The molecular formula is C12H23N3O2. The van der Waals surface area contributed by atoms with Crippen molar-refractivity contribution < 1.29 is 9.59 Å². The van der Waals surface area contributed by atoms with Gasteiger partial charge >= 0.3 is 0 Å². The Kier molecular flexibility index (Phi) is 5.97. The number of nitrogens with one attached hydrogen (secondary N) is 3. The van der Waals surface area contributed by atoms with Gasteiger partial charge in [-0.25, -0.2) is 0 Å². The molecule has 1 fully saturated rings. The molecule has 17 heavy (non-hydrogen) atoms. The third-order valence-electron chi connectivity index (χ3n) is 2.57. The molecule has 1 saturated carbocycles. The molecule has 0 bridgehead atoms. The second-order valence-corrected chi connectivity index (χ2v) is 5.05. The van der Waals surface area contributed by atoms with Crippen molar-refractivity contribution in [2.45, 2.75) is 26.7 Å². The SMILES string of the molecule is CC(C)CNC(=O)CNC(=O)CNCC1CC1. The van der Waals surface area contributed by atoms with Crippen LogP contribution in [-0.4, -0.2) is 38.0 Å². The van der Waals surface area contributed by atoms with E-state index in [2.05, 4.69) is 16.0 Å². The summed E-state index contributed by atoms with van der Waals surface area (Å²) in [6.45, 7) is 5.98. The van der Waals surface area contributed by atoms with Crippen molar-refractivity contribution in [1.29, 1.82) is 0 Å². The molecule has 2 amide bonds. The highest BCUT2D eigenvalue weighted by molar-refractivity contribution is 5.85. The molecule has 5 nitrogen and oxygen atoms in total. The van der Waals surface area contributed by atoms with Crippen molar-refractivity contribution in [1.82, 2.24) is 16.0 Å². The highest BCUT2D eigenvalue weighted by Gasteiger charge is 2.20. The lowest BCUT2D eigenvalue weighted by Gasteiger charge is -2.09. The van der Waals surface area contributed by atoms with Crippen LogP contribution < -0.4 is 16.0 Å². The molecule has 0 unspecified atom stereocenters. The van der Waals surface area contributed by atoms with Crippen molar-refractivity contribution in [3.8, 4) is 0 Å². The first-order chi connectivity index (χ1) is 8.08. The van der Waals surface area contributed by atoms with Gasteiger partial charge in [-0.15, -0.1) is 0 Å². The predicted molar refractivity (Wildman–Crippen MR) is 66.5 cm³/mol. The summed E-state index contributed by atoms with van der Waals surface area (Å²) in [7, 11) is 0. The number of carbonyl (C=O) groups excluding carboxylic acids is 2. The average Bonchev–Trinajstić information content (AvgIpc) is 3.07. The van der Waals surface area contributed by atoms with Crippen LogP contribution in [0.5, 0.6) is 0 Å². The Balaban J connectivity index is 1.95. The van der Waals surface area contributed by atoms with Gasteiger partial charge in [0.15, 0.2) is 0 Å². The summed E-state index contributed by atoms with van der Waals surface area (Å²) < 4.78 is 0. The number of amides is 2. The van der Waals surface area contributed by atoms with Crippen molar-refractivity contribution in [2.75, 3.05) is 26.2 Å². The first kappa shape index (κ1) is 14.0. The third-order valence-corrected chi connectivity index (χ3v) is 2.57. The standard InChI is InChI=1S/C12H23N3O2/c1-9(2)5-14-12(17)8-15-11(16)7-13-6-10-3-4-10/h9-10,13H,3-8H2,1-2H3,(H,14,17)(H,15,16). The van der Waals surface area contributed by atoms with Gasteiger partial charge in [0.25, 0.3) is 0 Å². The van der Waals surface area contributed by atoms with E-state index >= 15 is 0 Å². The van der Waals surface area contributed by atoms with E-state index in [1.54, 1.807) is 0 Å². The molecule has 0 aromatic rings. The number of hydrogen-bond acceptors (Lipinski definition) is 3. The molecule has 0 spiro atoms. The summed E-state index contributed by atoms with van der Waals surface area (Å²) in [4.78, 5) is 22.6. The minimum Gasteiger partial charge on any atom is -0.354 e. The highest BCUT2D eigenvalue weighted by Crippen LogP contribution is 2.27. The second-order valence-electron chi connectivity index (χ2n) is 5.05. The van der Waals surface area contributed by atoms with Crippen LogP contribution in [0.1, 0.15) is 26.7 Å². The fraction of sp³-hybridized carbons (Fsp3) is 0.833. The first-order valence-corrected chi connectivity index (χ1v) is 6.32. The van der Waals surface area contributed by atoms with Crippen molar-refractivity contribution in [2.24, 2.45) is 11.8 Å². The Morgan fingerprint density at radius 3 is 2.35 bits per heavy atom. The molecule has 0 radical (unpaired) electrons. The highest BCUT2D eigenvalue weighted by atomic mass is 16.2. The number of hydrogen-bond donors (Lipinski definition) is 3. The Labute approximate surface area is 103 Å². The topological polar surface area (TPSA) is 70.2 Å². The fourth-order valence-electron chi connectivity index (χ4n) is 1.33. The predicted octanol–water partition coefficient (Wildman–Crippen LogP) is -0.126. The van der Waals surface area contributed by atoms with E-state index in [-0.39, 0.29) is 18.4 Å². The Bertz CT molecular complexity index is 262. The Morgan fingerprint density at radius 2 is 1.76 bits per heavy atom. The molecule has 3 N–H and O–H groups in total. The molecule has 0 aromatic carbocycles. The van der Waals surface area contributed by atoms with Crippen LogP contribution in [-0.2, 0) is 9.59 Å². The van der Waals surface area contributed by atoms with Crippen LogP contribution in [0, 0.1) is 11.8 Å². The maximum Gasteiger partial charge on any atom is 0.239 e. The molecule has 1 aliphatic rings. The van der Waals surface area contributed by atoms with Crippen LogP contribution in [0.4, 0.5) is 0 Å². The van der Waals surface area contributed by atoms with Gasteiger partial charge in [0, 0.05) is 6.54 Å². The van der Waals surface area contributed by atoms with Gasteiger partial charge in [-0.05, 0) is 31.2 Å². The van der Waals surface area contributed by atoms with E-state index in [0.717, 1.165) is 12.5 Å². The minimum absolute atomic E-state index is 0.0661. The fourth-order valence-corrected chi connectivity index (χ4v) is 1.33. The van der Waals surface area contributed by atoms with Crippen LogP contribution in [0.25, 0.3) is 0 Å². The van der Waals surface area contributed by atoms with Gasteiger partial charge in [0.05, 0.1) is 13.1 Å². The van der Waals surface area contributed by atoms with Gasteiger partial charge < -0.3 is 16.0 Å². The summed E-state index contributed by atoms with van der Waals surface area (Å²) >= 11 is 0. The van der Waals surface area contributed by atoms with Gasteiger partial charge in [-0.3, -0.25) is 9.59 Å².